The number of hydrogen-bond acceptors (Lipinski definition) is 3. The second-order valence-corrected chi connectivity index (χ2v) is 5.47. The number of rotatable bonds is 4. The number of hydrogen-bond donors (Lipinski definition) is 1. The van der Waals surface area contributed by atoms with Gasteiger partial charge in [-0.15, -0.1) is 0 Å². The average molecular weight is 331 g/mol. The van der Waals surface area contributed by atoms with Gasteiger partial charge < -0.3 is 10.5 Å². The second kappa shape index (κ2) is 6.56. The standard InChI is InChI=1S/C16H15BrN2O/c1-11(19)15-10-13(17)4-7-16(15)20-14-5-2-12(3-6-14)8-9-18/h2-7,10-11H,8,19H2,1H3. The Morgan fingerprint density at radius 2 is 1.95 bits per heavy atom. The molecule has 102 valence electrons. The molecule has 0 fully saturated rings. The van der Waals surface area contributed by atoms with Crippen molar-refractivity contribution in [1.29, 1.82) is 5.26 Å². The summed E-state index contributed by atoms with van der Waals surface area (Å²) in [6, 6.07) is 15.3. The van der Waals surface area contributed by atoms with Gasteiger partial charge in [-0.1, -0.05) is 28.1 Å². The van der Waals surface area contributed by atoms with Gasteiger partial charge in [-0.25, -0.2) is 0 Å². The summed E-state index contributed by atoms with van der Waals surface area (Å²) >= 11 is 3.44. The summed E-state index contributed by atoms with van der Waals surface area (Å²) in [4.78, 5) is 0. The Balaban J connectivity index is 2.23. The molecule has 0 saturated carbocycles. The van der Waals surface area contributed by atoms with Crippen LogP contribution in [0.3, 0.4) is 0 Å². The molecule has 0 radical (unpaired) electrons. The minimum atomic E-state index is -0.111. The lowest BCUT2D eigenvalue weighted by Crippen LogP contribution is -2.06. The molecule has 3 nitrogen and oxygen atoms in total. The lowest BCUT2D eigenvalue weighted by Gasteiger charge is -2.14. The zero-order valence-electron chi connectivity index (χ0n) is 11.1. The van der Waals surface area contributed by atoms with Gasteiger partial charge in [0.1, 0.15) is 11.5 Å². The van der Waals surface area contributed by atoms with Crippen LogP contribution >= 0.6 is 15.9 Å². The molecule has 2 aromatic rings. The molecular formula is C16H15BrN2O. The molecule has 2 aromatic carbocycles. The summed E-state index contributed by atoms with van der Waals surface area (Å²) in [5, 5.41) is 8.65. The molecule has 0 aromatic heterocycles. The van der Waals surface area contributed by atoms with E-state index in [4.69, 9.17) is 15.7 Å². The highest BCUT2D eigenvalue weighted by molar-refractivity contribution is 9.10. The Hall–Kier alpha value is -1.83. The van der Waals surface area contributed by atoms with Gasteiger partial charge in [-0.2, -0.15) is 5.26 Å². The maximum absolute atomic E-state index is 8.65. The van der Waals surface area contributed by atoms with E-state index in [1.165, 1.54) is 0 Å². The van der Waals surface area contributed by atoms with E-state index in [0.29, 0.717) is 6.42 Å². The minimum Gasteiger partial charge on any atom is -0.457 e. The van der Waals surface area contributed by atoms with Crippen LogP contribution in [0.25, 0.3) is 0 Å². The molecular weight excluding hydrogens is 316 g/mol. The van der Waals surface area contributed by atoms with Crippen molar-refractivity contribution in [3.8, 4) is 17.6 Å². The maximum Gasteiger partial charge on any atom is 0.132 e. The highest BCUT2D eigenvalue weighted by Gasteiger charge is 2.09. The highest BCUT2D eigenvalue weighted by atomic mass is 79.9. The minimum absolute atomic E-state index is 0.111. The van der Waals surface area contributed by atoms with Gasteiger partial charge in [-0.05, 0) is 42.8 Å². The Morgan fingerprint density at radius 1 is 1.25 bits per heavy atom. The van der Waals surface area contributed by atoms with Crippen LogP contribution in [-0.2, 0) is 6.42 Å². The fourth-order valence-corrected chi connectivity index (χ4v) is 2.24. The Bertz CT molecular complexity index is 630. The summed E-state index contributed by atoms with van der Waals surface area (Å²) in [6.07, 6.45) is 0.406. The van der Waals surface area contributed by atoms with Crippen molar-refractivity contribution < 1.29 is 4.74 Å². The van der Waals surface area contributed by atoms with E-state index >= 15 is 0 Å². The molecule has 4 heteroatoms. The molecule has 0 amide bonds. The normalized spacial score (nSPS) is 11.7. The third kappa shape index (κ3) is 3.60. The van der Waals surface area contributed by atoms with Crippen molar-refractivity contribution in [2.45, 2.75) is 19.4 Å². The first-order valence-electron chi connectivity index (χ1n) is 6.29. The molecule has 0 aliphatic heterocycles. The average Bonchev–Trinajstić information content (AvgIpc) is 2.43. The van der Waals surface area contributed by atoms with Crippen LogP contribution in [-0.4, -0.2) is 0 Å². The zero-order chi connectivity index (χ0) is 14.5. The Labute approximate surface area is 127 Å². The molecule has 2 rings (SSSR count). The lowest BCUT2D eigenvalue weighted by molar-refractivity contribution is 0.472. The summed E-state index contributed by atoms with van der Waals surface area (Å²) in [5.74, 6) is 1.48. The first-order chi connectivity index (χ1) is 9.60. The predicted molar refractivity (Wildman–Crippen MR) is 82.6 cm³/mol. The van der Waals surface area contributed by atoms with Crippen molar-refractivity contribution in [3.05, 3.63) is 58.1 Å². The van der Waals surface area contributed by atoms with Gasteiger partial charge in [0.25, 0.3) is 0 Å². The first-order valence-corrected chi connectivity index (χ1v) is 7.08. The quantitative estimate of drug-likeness (QED) is 0.907. The van der Waals surface area contributed by atoms with Crippen LogP contribution in [0.4, 0.5) is 0 Å². The van der Waals surface area contributed by atoms with Crippen LogP contribution in [0.15, 0.2) is 46.9 Å². The van der Waals surface area contributed by atoms with E-state index < -0.39 is 0 Å². The van der Waals surface area contributed by atoms with Crippen LogP contribution < -0.4 is 10.5 Å². The Kier molecular flexibility index (Phi) is 4.78. The summed E-state index contributed by atoms with van der Waals surface area (Å²) in [5.41, 5.74) is 7.88. The van der Waals surface area contributed by atoms with E-state index in [-0.39, 0.29) is 6.04 Å². The van der Waals surface area contributed by atoms with Gasteiger partial charge in [0, 0.05) is 16.1 Å². The molecule has 0 saturated heterocycles. The van der Waals surface area contributed by atoms with Gasteiger partial charge in [0.05, 0.1) is 12.5 Å². The number of nitrogens with zero attached hydrogens (tertiary/aromatic N) is 1. The molecule has 0 bridgehead atoms. The highest BCUT2D eigenvalue weighted by Crippen LogP contribution is 2.31. The fourth-order valence-electron chi connectivity index (χ4n) is 1.86. The summed E-state index contributed by atoms with van der Waals surface area (Å²) < 4.78 is 6.85. The van der Waals surface area contributed by atoms with Crippen molar-refractivity contribution >= 4 is 15.9 Å². The van der Waals surface area contributed by atoms with Crippen molar-refractivity contribution in [2.24, 2.45) is 5.73 Å². The third-order valence-electron chi connectivity index (χ3n) is 2.90. The van der Waals surface area contributed by atoms with Gasteiger partial charge in [-0.3, -0.25) is 0 Å². The second-order valence-electron chi connectivity index (χ2n) is 4.55. The summed E-state index contributed by atoms with van der Waals surface area (Å²) in [7, 11) is 0. The predicted octanol–water partition coefficient (Wildman–Crippen LogP) is 4.33. The number of ether oxygens (including phenoxy) is 1. The van der Waals surface area contributed by atoms with Crippen LogP contribution in [0.2, 0.25) is 0 Å². The van der Waals surface area contributed by atoms with Crippen molar-refractivity contribution in [2.75, 3.05) is 0 Å². The van der Waals surface area contributed by atoms with E-state index in [0.717, 1.165) is 27.1 Å². The van der Waals surface area contributed by atoms with Gasteiger partial charge >= 0.3 is 0 Å². The van der Waals surface area contributed by atoms with E-state index in [2.05, 4.69) is 22.0 Å². The van der Waals surface area contributed by atoms with Gasteiger partial charge in [0.15, 0.2) is 0 Å². The van der Waals surface area contributed by atoms with Crippen molar-refractivity contribution in [3.63, 3.8) is 0 Å². The maximum atomic E-state index is 8.65. The molecule has 0 spiro atoms. The third-order valence-corrected chi connectivity index (χ3v) is 3.39. The van der Waals surface area contributed by atoms with Crippen LogP contribution in [0, 0.1) is 11.3 Å². The molecule has 1 atom stereocenters. The van der Waals surface area contributed by atoms with Crippen LogP contribution in [0.1, 0.15) is 24.1 Å². The largest absolute Gasteiger partial charge is 0.457 e. The smallest absolute Gasteiger partial charge is 0.132 e. The van der Waals surface area contributed by atoms with E-state index in [1.807, 2.05) is 49.4 Å². The number of benzene rings is 2. The molecule has 0 aliphatic carbocycles. The van der Waals surface area contributed by atoms with E-state index in [1.54, 1.807) is 0 Å². The SMILES string of the molecule is CC(N)c1cc(Br)ccc1Oc1ccc(CC#N)cc1. The van der Waals surface area contributed by atoms with Gasteiger partial charge in [0.2, 0.25) is 0 Å². The van der Waals surface area contributed by atoms with Crippen LogP contribution in [0.5, 0.6) is 11.5 Å². The number of halogens is 1. The number of nitriles is 1. The molecule has 0 heterocycles. The van der Waals surface area contributed by atoms with Crippen molar-refractivity contribution in [1.82, 2.24) is 0 Å². The number of nitrogens with two attached hydrogens (primary N) is 1. The fraction of sp³-hybridized carbons (Fsp3) is 0.188. The zero-order valence-corrected chi connectivity index (χ0v) is 12.7. The lowest BCUT2D eigenvalue weighted by atomic mass is 10.1. The first kappa shape index (κ1) is 14.6. The molecule has 20 heavy (non-hydrogen) atoms. The molecule has 1 unspecified atom stereocenters. The monoisotopic (exact) mass is 330 g/mol. The topological polar surface area (TPSA) is 59.0 Å². The molecule has 2 N–H and O–H groups in total. The molecule has 0 aliphatic rings. The van der Waals surface area contributed by atoms with E-state index in [9.17, 15) is 0 Å². The Morgan fingerprint density at radius 3 is 2.55 bits per heavy atom. The summed E-state index contributed by atoms with van der Waals surface area (Å²) in [6.45, 7) is 1.92.